The second kappa shape index (κ2) is 5.20. The zero-order valence-corrected chi connectivity index (χ0v) is 11.4. The molecule has 3 rings (SSSR count). The van der Waals surface area contributed by atoms with Crippen molar-refractivity contribution in [1.82, 2.24) is 9.61 Å². The van der Waals surface area contributed by atoms with Crippen LogP contribution < -0.4 is 5.32 Å². The maximum Gasteiger partial charge on any atom is 0.259 e. The molecule has 0 saturated carbocycles. The number of rotatable bonds is 3. The predicted molar refractivity (Wildman–Crippen MR) is 79.6 cm³/mol. The highest BCUT2D eigenvalue weighted by Gasteiger charge is 2.12. The molecule has 0 radical (unpaired) electrons. The molecular weight excluding hydrogens is 266 g/mol. The van der Waals surface area contributed by atoms with Crippen LogP contribution in [0.4, 0.5) is 5.69 Å². The van der Waals surface area contributed by atoms with Crippen LogP contribution in [0.1, 0.15) is 27.6 Å². The minimum atomic E-state index is -0.253. The molecular formula is C16H13N3O2. The van der Waals surface area contributed by atoms with E-state index in [9.17, 15) is 9.59 Å². The van der Waals surface area contributed by atoms with Crippen LogP contribution in [0.15, 0.2) is 54.9 Å². The summed E-state index contributed by atoms with van der Waals surface area (Å²) in [5, 5.41) is 6.92. The van der Waals surface area contributed by atoms with Gasteiger partial charge in [-0.25, -0.2) is 4.52 Å². The van der Waals surface area contributed by atoms with Crippen molar-refractivity contribution >= 4 is 22.9 Å². The van der Waals surface area contributed by atoms with Crippen LogP contribution in [0, 0.1) is 0 Å². The Morgan fingerprint density at radius 2 is 2.00 bits per heavy atom. The fourth-order valence-electron chi connectivity index (χ4n) is 2.12. The molecule has 0 aliphatic rings. The lowest BCUT2D eigenvalue weighted by Crippen LogP contribution is -2.12. The van der Waals surface area contributed by atoms with E-state index in [1.165, 1.54) is 13.1 Å². The summed E-state index contributed by atoms with van der Waals surface area (Å²) in [6.07, 6.45) is 3.31. The third-order valence-electron chi connectivity index (χ3n) is 3.20. The molecule has 0 saturated heterocycles. The van der Waals surface area contributed by atoms with E-state index in [1.54, 1.807) is 35.0 Å². The van der Waals surface area contributed by atoms with Crippen molar-refractivity contribution in [2.45, 2.75) is 6.92 Å². The number of ketones is 1. The summed E-state index contributed by atoms with van der Waals surface area (Å²) in [6.45, 7) is 1.49. The van der Waals surface area contributed by atoms with E-state index in [-0.39, 0.29) is 11.7 Å². The first-order valence-corrected chi connectivity index (χ1v) is 6.50. The van der Waals surface area contributed by atoms with Crippen LogP contribution in [0.5, 0.6) is 0 Å². The molecule has 1 aromatic carbocycles. The Morgan fingerprint density at radius 3 is 2.81 bits per heavy atom. The van der Waals surface area contributed by atoms with Crippen molar-refractivity contribution in [2.24, 2.45) is 0 Å². The number of fused-ring (bicyclic) bond motifs is 1. The molecule has 2 heterocycles. The highest BCUT2D eigenvalue weighted by Crippen LogP contribution is 2.15. The highest BCUT2D eigenvalue weighted by atomic mass is 16.1. The molecule has 5 nitrogen and oxygen atoms in total. The average Bonchev–Trinajstić information content (AvgIpc) is 2.91. The molecule has 0 unspecified atom stereocenters. The van der Waals surface area contributed by atoms with Crippen LogP contribution in [0.3, 0.4) is 0 Å². The summed E-state index contributed by atoms with van der Waals surface area (Å²) in [6, 6.07) is 12.4. The molecule has 0 fully saturated rings. The van der Waals surface area contributed by atoms with Gasteiger partial charge in [0.05, 0.1) is 17.3 Å². The van der Waals surface area contributed by atoms with Gasteiger partial charge in [-0.1, -0.05) is 18.2 Å². The number of pyridine rings is 1. The molecule has 5 heteroatoms. The van der Waals surface area contributed by atoms with E-state index in [2.05, 4.69) is 10.4 Å². The second-order valence-electron chi connectivity index (χ2n) is 4.68. The van der Waals surface area contributed by atoms with Gasteiger partial charge in [0.2, 0.25) is 0 Å². The first-order valence-electron chi connectivity index (χ1n) is 6.50. The minimum absolute atomic E-state index is 0.0397. The molecule has 0 bridgehead atoms. The van der Waals surface area contributed by atoms with Gasteiger partial charge in [0.1, 0.15) is 0 Å². The van der Waals surface area contributed by atoms with Crippen LogP contribution in [0.2, 0.25) is 0 Å². The normalized spacial score (nSPS) is 10.5. The van der Waals surface area contributed by atoms with E-state index in [1.807, 2.05) is 18.2 Å². The molecule has 1 amide bonds. The lowest BCUT2D eigenvalue weighted by Gasteiger charge is -2.05. The lowest BCUT2D eigenvalue weighted by atomic mass is 10.1. The van der Waals surface area contributed by atoms with Crippen molar-refractivity contribution in [1.29, 1.82) is 0 Å². The Bertz CT molecular complexity index is 836. The van der Waals surface area contributed by atoms with Gasteiger partial charge in [-0.2, -0.15) is 5.10 Å². The predicted octanol–water partition coefficient (Wildman–Crippen LogP) is 2.79. The van der Waals surface area contributed by atoms with E-state index < -0.39 is 0 Å². The summed E-state index contributed by atoms with van der Waals surface area (Å²) in [4.78, 5) is 23.7. The quantitative estimate of drug-likeness (QED) is 0.750. The summed E-state index contributed by atoms with van der Waals surface area (Å²) in [7, 11) is 0. The molecule has 104 valence electrons. The van der Waals surface area contributed by atoms with Gasteiger partial charge in [-0.3, -0.25) is 9.59 Å². The number of aromatic nitrogens is 2. The molecule has 21 heavy (non-hydrogen) atoms. The average molecular weight is 279 g/mol. The van der Waals surface area contributed by atoms with Gasteiger partial charge in [-0.05, 0) is 31.2 Å². The fraction of sp³-hybridized carbons (Fsp3) is 0.0625. The van der Waals surface area contributed by atoms with Crippen LogP contribution in [0.25, 0.3) is 5.52 Å². The number of nitrogens with zero attached hydrogens (tertiary/aromatic N) is 2. The molecule has 0 aliphatic heterocycles. The van der Waals surface area contributed by atoms with E-state index in [0.29, 0.717) is 16.8 Å². The van der Waals surface area contributed by atoms with Gasteiger partial charge in [0.15, 0.2) is 5.78 Å². The number of Topliss-reactive ketones (excluding diaryl/α,β-unsaturated/α-hetero) is 1. The molecule has 3 aromatic rings. The first kappa shape index (κ1) is 13.1. The van der Waals surface area contributed by atoms with E-state index in [0.717, 1.165) is 5.52 Å². The van der Waals surface area contributed by atoms with Crippen molar-refractivity contribution in [3.05, 3.63) is 66.0 Å². The summed E-state index contributed by atoms with van der Waals surface area (Å²) in [5.41, 5.74) is 2.37. The Kier molecular flexibility index (Phi) is 3.23. The number of amides is 1. The van der Waals surface area contributed by atoms with Crippen LogP contribution >= 0.6 is 0 Å². The number of anilines is 1. The minimum Gasteiger partial charge on any atom is -0.322 e. The number of carbonyl (C=O) groups excluding carboxylic acids is 2. The molecule has 2 aromatic heterocycles. The highest BCUT2D eigenvalue weighted by molar-refractivity contribution is 6.09. The number of carbonyl (C=O) groups is 2. The topological polar surface area (TPSA) is 63.5 Å². The van der Waals surface area contributed by atoms with E-state index >= 15 is 0 Å². The zero-order valence-electron chi connectivity index (χ0n) is 11.4. The van der Waals surface area contributed by atoms with Crippen molar-refractivity contribution in [3.63, 3.8) is 0 Å². The Balaban J connectivity index is 1.90. The number of hydrogen-bond acceptors (Lipinski definition) is 3. The van der Waals surface area contributed by atoms with E-state index in [4.69, 9.17) is 0 Å². The molecule has 1 N–H and O–H groups in total. The van der Waals surface area contributed by atoms with Crippen molar-refractivity contribution in [2.75, 3.05) is 5.32 Å². The number of benzene rings is 1. The van der Waals surface area contributed by atoms with Crippen LogP contribution in [-0.2, 0) is 0 Å². The Hall–Kier alpha value is -2.95. The summed E-state index contributed by atoms with van der Waals surface area (Å²) < 4.78 is 1.64. The summed E-state index contributed by atoms with van der Waals surface area (Å²) in [5.74, 6) is -0.293. The fourth-order valence-corrected chi connectivity index (χ4v) is 2.12. The SMILES string of the molecule is CC(=O)c1cccc(NC(=O)c2cnn3ccccc23)c1. The smallest absolute Gasteiger partial charge is 0.259 e. The van der Waals surface area contributed by atoms with Crippen molar-refractivity contribution < 1.29 is 9.59 Å². The Morgan fingerprint density at radius 1 is 1.14 bits per heavy atom. The van der Waals surface area contributed by atoms with Gasteiger partial charge in [0.25, 0.3) is 5.91 Å². The van der Waals surface area contributed by atoms with Gasteiger partial charge < -0.3 is 5.32 Å². The third-order valence-corrected chi connectivity index (χ3v) is 3.20. The molecule has 0 aliphatic carbocycles. The maximum absolute atomic E-state index is 12.3. The largest absolute Gasteiger partial charge is 0.322 e. The first-order chi connectivity index (χ1) is 10.1. The number of hydrogen-bond donors (Lipinski definition) is 1. The molecule has 0 atom stereocenters. The van der Waals surface area contributed by atoms with Gasteiger partial charge in [-0.15, -0.1) is 0 Å². The standard InChI is InChI=1S/C16H13N3O2/c1-11(20)12-5-4-6-13(9-12)18-16(21)14-10-17-19-8-3-2-7-15(14)19/h2-10H,1H3,(H,18,21). The zero-order chi connectivity index (χ0) is 14.8. The summed E-state index contributed by atoms with van der Waals surface area (Å²) >= 11 is 0. The monoisotopic (exact) mass is 279 g/mol. The van der Waals surface area contributed by atoms with Gasteiger partial charge >= 0.3 is 0 Å². The lowest BCUT2D eigenvalue weighted by molar-refractivity contribution is 0.101. The van der Waals surface area contributed by atoms with Gasteiger partial charge in [0, 0.05) is 17.4 Å². The Labute approximate surface area is 121 Å². The van der Waals surface area contributed by atoms with Crippen LogP contribution in [-0.4, -0.2) is 21.3 Å². The third kappa shape index (κ3) is 2.53. The van der Waals surface area contributed by atoms with Crippen molar-refractivity contribution in [3.8, 4) is 0 Å². The molecule has 0 spiro atoms. The maximum atomic E-state index is 12.3. The number of nitrogens with one attached hydrogen (secondary N) is 1. The second-order valence-corrected chi connectivity index (χ2v) is 4.68.